The summed E-state index contributed by atoms with van der Waals surface area (Å²) in [6, 6.07) is 10.3. The van der Waals surface area contributed by atoms with Crippen molar-refractivity contribution in [2.24, 2.45) is 0 Å². The van der Waals surface area contributed by atoms with E-state index in [1.54, 1.807) is 18.0 Å². The summed E-state index contributed by atoms with van der Waals surface area (Å²) in [5, 5.41) is 9.68. The van der Waals surface area contributed by atoms with Crippen LogP contribution >= 0.6 is 11.8 Å². The molecule has 0 saturated heterocycles. The molecule has 1 N–H and O–H groups in total. The van der Waals surface area contributed by atoms with Crippen LogP contribution in [-0.4, -0.2) is 31.4 Å². The fraction of sp³-hybridized carbons (Fsp3) is 0.316. The Labute approximate surface area is 151 Å². The minimum absolute atomic E-state index is 0.183. The molecule has 0 bridgehead atoms. The molecule has 6 heteroatoms. The van der Waals surface area contributed by atoms with E-state index >= 15 is 0 Å². The van der Waals surface area contributed by atoms with Crippen molar-refractivity contribution in [3.63, 3.8) is 0 Å². The second-order valence-electron chi connectivity index (χ2n) is 6.10. The Morgan fingerprint density at radius 2 is 2.12 bits per heavy atom. The number of carboxylic acids is 1. The van der Waals surface area contributed by atoms with Gasteiger partial charge >= 0.3 is 5.97 Å². The molecule has 0 atom stereocenters. The monoisotopic (exact) mass is 355 g/mol. The van der Waals surface area contributed by atoms with Gasteiger partial charge in [0, 0.05) is 18.4 Å². The van der Waals surface area contributed by atoms with Crippen LogP contribution in [0, 0.1) is 13.8 Å². The summed E-state index contributed by atoms with van der Waals surface area (Å²) < 4.78 is 2.13. The summed E-state index contributed by atoms with van der Waals surface area (Å²) in [6.45, 7) is 4.91. The number of carbonyl (C=O) groups is 1. The van der Waals surface area contributed by atoms with Crippen LogP contribution in [0.3, 0.4) is 0 Å². The highest BCUT2D eigenvalue weighted by atomic mass is 32.2. The van der Waals surface area contributed by atoms with Gasteiger partial charge in [-0.25, -0.2) is 9.97 Å². The summed E-state index contributed by atoms with van der Waals surface area (Å²) in [6.07, 6.45) is 2.59. The number of aliphatic carboxylic acids is 1. The number of benzene rings is 1. The number of thioether (sulfide) groups is 1. The number of rotatable bonds is 7. The van der Waals surface area contributed by atoms with Crippen LogP contribution in [-0.2, 0) is 11.3 Å². The Morgan fingerprint density at radius 1 is 1.28 bits per heavy atom. The Hall–Kier alpha value is -2.34. The third kappa shape index (κ3) is 4.20. The lowest BCUT2D eigenvalue weighted by molar-refractivity contribution is -0.137. The van der Waals surface area contributed by atoms with Crippen molar-refractivity contribution in [2.45, 2.75) is 38.4 Å². The third-order valence-corrected chi connectivity index (χ3v) is 5.13. The number of pyridine rings is 1. The lowest BCUT2D eigenvalue weighted by atomic mass is 10.1. The SMILES string of the molecule is Cc1ccc(C)c(Cn2c(SCCCC(=O)O)nc3cccnc32)c1. The molecule has 25 heavy (non-hydrogen) atoms. The van der Waals surface area contributed by atoms with Crippen molar-refractivity contribution in [3.05, 3.63) is 53.2 Å². The molecule has 0 spiro atoms. The summed E-state index contributed by atoms with van der Waals surface area (Å²) in [7, 11) is 0. The van der Waals surface area contributed by atoms with Crippen molar-refractivity contribution < 1.29 is 9.90 Å². The van der Waals surface area contributed by atoms with Gasteiger partial charge in [-0.1, -0.05) is 35.5 Å². The van der Waals surface area contributed by atoms with E-state index < -0.39 is 5.97 Å². The zero-order chi connectivity index (χ0) is 17.8. The van der Waals surface area contributed by atoms with Gasteiger partial charge in [0.1, 0.15) is 5.52 Å². The number of hydrogen-bond donors (Lipinski definition) is 1. The second kappa shape index (κ2) is 7.70. The summed E-state index contributed by atoms with van der Waals surface area (Å²) >= 11 is 1.59. The maximum absolute atomic E-state index is 10.7. The van der Waals surface area contributed by atoms with Gasteiger partial charge < -0.3 is 5.11 Å². The van der Waals surface area contributed by atoms with Crippen molar-refractivity contribution in [1.82, 2.24) is 14.5 Å². The first-order chi connectivity index (χ1) is 12.0. The first-order valence-electron chi connectivity index (χ1n) is 8.26. The van der Waals surface area contributed by atoms with E-state index in [-0.39, 0.29) is 6.42 Å². The van der Waals surface area contributed by atoms with Gasteiger partial charge in [0.25, 0.3) is 0 Å². The van der Waals surface area contributed by atoms with Crippen molar-refractivity contribution in [2.75, 3.05) is 5.75 Å². The molecule has 5 nitrogen and oxygen atoms in total. The molecule has 0 unspecified atom stereocenters. The molecular formula is C19H21N3O2S. The van der Waals surface area contributed by atoms with Crippen molar-refractivity contribution >= 4 is 28.9 Å². The highest BCUT2D eigenvalue weighted by molar-refractivity contribution is 7.99. The smallest absolute Gasteiger partial charge is 0.303 e. The van der Waals surface area contributed by atoms with E-state index in [0.717, 1.165) is 22.1 Å². The highest BCUT2D eigenvalue weighted by Gasteiger charge is 2.13. The number of imidazole rings is 1. The fourth-order valence-electron chi connectivity index (χ4n) is 2.72. The molecule has 0 radical (unpaired) electrons. The molecule has 2 aromatic heterocycles. The van der Waals surface area contributed by atoms with Crippen LogP contribution in [0.2, 0.25) is 0 Å². The zero-order valence-electron chi connectivity index (χ0n) is 14.4. The van der Waals surface area contributed by atoms with Crippen LogP contribution in [0.4, 0.5) is 0 Å². The first kappa shape index (κ1) is 17.5. The molecule has 0 amide bonds. The molecule has 3 rings (SSSR count). The standard InChI is InChI=1S/C19H21N3O2S/c1-13-7-8-14(2)15(11-13)12-22-18-16(5-3-9-20-18)21-19(22)25-10-4-6-17(23)24/h3,5,7-9,11H,4,6,10,12H2,1-2H3,(H,23,24). The number of carboxylic acid groups (broad SMARTS) is 1. The van der Waals surface area contributed by atoms with E-state index in [0.29, 0.717) is 13.0 Å². The average Bonchev–Trinajstić information content (AvgIpc) is 2.93. The fourth-order valence-corrected chi connectivity index (χ4v) is 3.66. The minimum Gasteiger partial charge on any atom is -0.481 e. The average molecular weight is 355 g/mol. The number of aryl methyl sites for hydroxylation is 2. The van der Waals surface area contributed by atoms with Crippen molar-refractivity contribution in [3.8, 4) is 0 Å². The van der Waals surface area contributed by atoms with Crippen molar-refractivity contribution in [1.29, 1.82) is 0 Å². The Bertz CT molecular complexity index is 905. The Morgan fingerprint density at radius 3 is 2.92 bits per heavy atom. The molecule has 3 aromatic rings. The topological polar surface area (TPSA) is 68.0 Å². The number of aromatic nitrogens is 3. The Balaban J connectivity index is 1.90. The molecule has 0 fully saturated rings. The van der Waals surface area contributed by atoms with E-state index in [1.165, 1.54) is 16.7 Å². The van der Waals surface area contributed by atoms with E-state index in [9.17, 15) is 4.79 Å². The first-order valence-corrected chi connectivity index (χ1v) is 9.25. The van der Waals surface area contributed by atoms with Gasteiger partial charge in [0.2, 0.25) is 0 Å². The predicted molar refractivity (Wildman–Crippen MR) is 100 cm³/mol. The predicted octanol–water partition coefficient (Wildman–Crippen LogP) is 4.05. The molecule has 130 valence electrons. The maximum Gasteiger partial charge on any atom is 0.303 e. The van der Waals surface area contributed by atoms with Crippen LogP contribution in [0.25, 0.3) is 11.2 Å². The van der Waals surface area contributed by atoms with Crippen LogP contribution < -0.4 is 0 Å². The van der Waals surface area contributed by atoms with Crippen LogP contribution in [0.5, 0.6) is 0 Å². The maximum atomic E-state index is 10.7. The Kier molecular flexibility index (Phi) is 5.38. The normalized spacial score (nSPS) is 11.1. The van der Waals surface area contributed by atoms with E-state index in [1.807, 2.05) is 12.1 Å². The van der Waals surface area contributed by atoms with Gasteiger partial charge in [-0.2, -0.15) is 0 Å². The summed E-state index contributed by atoms with van der Waals surface area (Å²) in [5.74, 6) is -0.0336. The van der Waals surface area contributed by atoms with Gasteiger partial charge in [0.05, 0.1) is 6.54 Å². The quantitative estimate of drug-likeness (QED) is 0.511. The molecule has 2 heterocycles. The third-order valence-electron chi connectivity index (χ3n) is 4.07. The summed E-state index contributed by atoms with van der Waals surface area (Å²) in [4.78, 5) is 19.9. The zero-order valence-corrected chi connectivity index (χ0v) is 15.2. The minimum atomic E-state index is -0.758. The van der Waals surface area contributed by atoms with Crippen LogP contribution in [0.1, 0.15) is 29.5 Å². The lowest BCUT2D eigenvalue weighted by Crippen LogP contribution is -2.05. The number of nitrogens with zero attached hydrogens (tertiary/aromatic N) is 3. The molecule has 0 aliphatic carbocycles. The van der Waals surface area contributed by atoms with Gasteiger partial charge in [-0.05, 0) is 43.5 Å². The van der Waals surface area contributed by atoms with Crippen LogP contribution in [0.15, 0.2) is 41.7 Å². The second-order valence-corrected chi connectivity index (χ2v) is 7.16. The van der Waals surface area contributed by atoms with E-state index in [4.69, 9.17) is 10.1 Å². The van der Waals surface area contributed by atoms with Gasteiger partial charge in [-0.3, -0.25) is 9.36 Å². The van der Waals surface area contributed by atoms with E-state index in [2.05, 4.69) is 41.6 Å². The number of fused-ring (bicyclic) bond motifs is 1. The number of hydrogen-bond acceptors (Lipinski definition) is 4. The molecule has 0 saturated carbocycles. The van der Waals surface area contributed by atoms with Gasteiger partial charge in [0.15, 0.2) is 10.8 Å². The highest BCUT2D eigenvalue weighted by Crippen LogP contribution is 2.25. The molecule has 0 aliphatic rings. The molecular weight excluding hydrogens is 334 g/mol. The summed E-state index contributed by atoms with van der Waals surface area (Å²) in [5.41, 5.74) is 5.45. The lowest BCUT2D eigenvalue weighted by Gasteiger charge is -2.11. The molecule has 0 aliphatic heterocycles. The largest absolute Gasteiger partial charge is 0.481 e. The molecule has 1 aromatic carbocycles. The van der Waals surface area contributed by atoms with Gasteiger partial charge in [-0.15, -0.1) is 0 Å².